The molecular weight excluding hydrogens is 287 g/mol. The zero-order chi connectivity index (χ0) is 16.3. The van der Waals surface area contributed by atoms with Crippen LogP contribution in [0, 0.1) is 11.2 Å². The van der Waals surface area contributed by atoms with Crippen molar-refractivity contribution in [1.82, 2.24) is 0 Å². The smallest absolute Gasteiger partial charge is 0.205 e. The molecule has 0 saturated heterocycles. The van der Waals surface area contributed by atoms with Gasteiger partial charge in [-0.05, 0) is 31.0 Å². The quantitative estimate of drug-likeness (QED) is 0.785. The zero-order valence-corrected chi connectivity index (χ0v) is 13.2. The molecule has 1 aromatic rings. The molecule has 0 amide bonds. The number of carboxylic acids is 1. The first-order valence-corrected chi connectivity index (χ1v) is 7.60. The number of hydrogen-bond donors (Lipinski definition) is 0. The van der Waals surface area contributed by atoms with Crippen LogP contribution in [0.25, 0.3) is 0 Å². The topological polar surface area (TPSA) is 58.6 Å². The molecule has 0 radical (unpaired) electrons. The second-order valence-corrected chi connectivity index (χ2v) is 6.79. The molecule has 0 N–H and O–H groups in total. The van der Waals surface area contributed by atoms with Crippen molar-refractivity contribution in [1.29, 1.82) is 0 Å². The van der Waals surface area contributed by atoms with Gasteiger partial charge in [0, 0.05) is 11.0 Å². The Labute approximate surface area is 130 Å². The number of hydrogen-bond acceptors (Lipinski definition) is 4. The Morgan fingerprint density at radius 3 is 2.50 bits per heavy atom. The van der Waals surface area contributed by atoms with Crippen molar-refractivity contribution < 1.29 is 23.8 Å². The summed E-state index contributed by atoms with van der Waals surface area (Å²) in [5, 5.41) is 10.9. The van der Waals surface area contributed by atoms with Crippen LogP contribution in [0.2, 0.25) is 0 Å². The average molecular weight is 309 g/mol. The van der Waals surface area contributed by atoms with E-state index in [1.54, 1.807) is 0 Å². The molecule has 0 aromatic heterocycles. The maximum Gasteiger partial charge on any atom is 0.205 e. The van der Waals surface area contributed by atoms with E-state index >= 15 is 0 Å². The van der Waals surface area contributed by atoms with Crippen LogP contribution in [0.4, 0.5) is 4.39 Å². The summed E-state index contributed by atoms with van der Waals surface area (Å²) >= 11 is 0. The van der Waals surface area contributed by atoms with E-state index in [1.807, 2.05) is 20.8 Å². The van der Waals surface area contributed by atoms with E-state index in [1.165, 1.54) is 0 Å². The van der Waals surface area contributed by atoms with Crippen LogP contribution in [0.3, 0.4) is 0 Å². The molecule has 0 heterocycles. The molecule has 0 bridgehead atoms. The lowest BCUT2D eigenvalue weighted by Gasteiger charge is -2.33. The molecule has 0 aliphatic heterocycles. The lowest BCUT2D eigenvalue weighted by atomic mass is 9.95. The number of rotatable bonds is 5. The van der Waals surface area contributed by atoms with Gasteiger partial charge >= 0.3 is 0 Å². The highest BCUT2D eigenvalue weighted by Crippen LogP contribution is 2.32. The second-order valence-electron chi connectivity index (χ2n) is 6.79. The molecular formula is C17H22FO4-. The van der Waals surface area contributed by atoms with Crippen molar-refractivity contribution in [2.45, 2.75) is 58.8 Å². The Bertz CT molecular complexity index is 530. The molecule has 1 saturated carbocycles. The normalized spacial score (nSPS) is 17.5. The Hall–Kier alpha value is -1.62. The van der Waals surface area contributed by atoms with E-state index in [0.717, 1.165) is 43.9 Å². The summed E-state index contributed by atoms with van der Waals surface area (Å²) in [6.07, 6.45) is 3.64. The van der Waals surface area contributed by atoms with Gasteiger partial charge in [-0.3, -0.25) is 0 Å². The minimum atomic E-state index is -1.37. The fraction of sp³-hybridized carbons (Fsp3) is 0.588. The number of carbonyl (C=O) groups is 1. The molecule has 1 aliphatic carbocycles. The minimum absolute atomic E-state index is 0.108. The summed E-state index contributed by atoms with van der Waals surface area (Å²) in [6.45, 7) is 5.81. The van der Waals surface area contributed by atoms with Gasteiger partial charge in [-0.25, -0.2) is 4.39 Å². The predicted molar refractivity (Wildman–Crippen MR) is 77.9 cm³/mol. The third kappa shape index (κ3) is 4.19. The van der Waals surface area contributed by atoms with Gasteiger partial charge in [0.25, 0.3) is 0 Å². The lowest BCUT2D eigenvalue weighted by molar-refractivity contribution is -0.255. The standard InChI is InChI=1S/C17H23FO4/c1-17(2,3)16(21-12-6-4-5-7-12)22-14-10-11(15(19)20)8-9-13(14)18/h8-10,12,16H,4-7H2,1-3H3,(H,19,20)/p-1. The molecule has 2 rings (SSSR count). The lowest BCUT2D eigenvalue weighted by Crippen LogP contribution is -2.37. The Morgan fingerprint density at radius 2 is 1.95 bits per heavy atom. The number of ether oxygens (including phenoxy) is 2. The average Bonchev–Trinajstić information content (AvgIpc) is 2.92. The van der Waals surface area contributed by atoms with Crippen LogP contribution in [0.5, 0.6) is 5.75 Å². The summed E-state index contributed by atoms with van der Waals surface area (Å²) < 4.78 is 25.6. The minimum Gasteiger partial charge on any atom is -0.545 e. The first kappa shape index (κ1) is 16.7. The van der Waals surface area contributed by atoms with E-state index in [2.05, 4.69) is 0 Å². The first-order chi connectivity index (χ1) is 10.3. The largest absolute Gasteiger partial charge is 0.545 e. The van der Waals surface area contributed by atoms with Crippen LogP contribution >= 0.6 is 0 Å². The summed E-state index contributed by atoms with van der Waals surface area (Å²) in [7, 11) is 0. The molecule has 1 atom stereocenters. The fourth-order valence-electron chi connectivity index (χ4n) is 2.44. The molecule has 4 nitrogen and oxygen atoms in total. The zero-order valence-electron chi connectivity index (χ0n) is 13.2. The van der Waals surface area contributed by atoms with Gasteiger partial charge in [0.2, 0.25) is 6.29 Å². The Kier molecular flexibility index (Phi) is 5.06. The SMILES string of the molecule is CC(C)(C)C(Oc1cc(C(=O)[O-])ccc1F)OC1CCCC1. The van der Waals surface area contributed by atoms with Gasteiger partial charge in [0.15, 0.2) is 11.6 Å². The van der Waals surface area contributed by atoms with Crippen LogP contribution in [0.1, 0.15) is 56.8 Å². The van der Waals surface area contributed by atoms with E-state index in [-0.39, 0.29) is 22.8 Å². The summed E-state index contributed by atoms with van der Waals surface area (Å²) in [6, 6.07) is 3.36. The van der Waals surface area contributed by atoms with Crippen molar-refractivity contribution in [3.05, 3.63) is 29.6 Å². The van der Waals surface area contributed by atoms with Crippen molar-refractivity contribution in [3.8, 4) is 5.75 Å². The maximum atomic E-state index is 13.9. The number of benzene rings is 1. The van der Waals surface area contributed by atoms with Gasteiger partial charge in [-0.15, -0.1) is 0 Å². The van der Waals surface area contributed by atoms with Gasteiger partial charge < -0.3 is 19.4 Å². The highest BCUT2D eigenvalue weighted by molar-refractivity contribution is 5.86. The van der Waals surface area contributed by atoms with E-state index in [9.17, 15) is 14.3 Å². The molecule has 5 heteroatoms. The van der Waals surface area contributed by atoms with Crippen LogP contribution < -0.4 is 9.84 Å². The van der Waals surface area contributed by atoms with Gasteiger partial charge in [0.05, 0.1) is 12.1 Å². The molecule has 1 unspecified atom stereocenters. The summed E-state index contributed by atoms with van der Waals surface area (Å²) in [5.74, 6) is -2.11. The third-order valence-electron chi connectivity index (χ3n) is 3.73. The molecule has 1 fully saturated rings. The van der Waals surface area contributed by atoms with Gasteiger partial charge in [-0.1, -0.05) is 33.6 Å². The maximum absolute atomic E-state index is 13.9. The van der Waals surface area contributed by atoms with Crippen LogP contribution in [0.15, 0.2) is 18.2 Å². The highest BCUT2D eigenvalue weighted by Gasteiger charge is 2.32. The Morgan fingerprint density at radius 1 is 1.32 bits per heavy atom. The molecule has 1 aliphatic rings. The van der Waals surface area contributed by atoms with E-state index < -0.39 is 18.1 Å². The summed E-state index contributed by atoms with van der Waals surface area (Å²) in [4.78, 5) is 10.9. The van der Waals surface area contributed by atoms with Crippen molar-refractivity contribution in [2.75, 3.05) is 0 Å². The van der Waals surface area contributed by atoms with Crippen LogP contribution in [-0.4, -0.2) is 18.4 Å². The molecule has 22 heavy (non-hydrogen) atoms. The number of carboxylic acid groups (broad SMARTS) is 1. The molecule has 1 aromatic carbocycles. The second kappa shape index (κ2) is 6.65. The van der Waals surface area contributed by atoms with E-state index in [4.69, 9.17) is 9.47 Å². The number of halogens is 1. The Balaban J connectivity index is 2.19. The fourth-order valence-corrected chi connectivity index (χ4v) is 2.44. The van der Waals surface area contributed by atoms with E-state index in [0.29, 0.717) is 0 Å². The molecule has 0 spiro atoms. The van der Waals surface area contributed by atoms with Crippen molar-refractivity contribution in [3.63, 3.8) is 0 Å². The first-order valence-electron chi connectivity index (χ1n) is 7.60. The molecule has 122 valence electrons. The predicted octanol–water partition coefficient (Wildman–Crippen LogP) is 2.90. The third-order valence-corrected chi connectivity index (χ3v) is 3.73. The highest BCUT2D eigenvalue weighted by atomic mass is 19.1. The van der Waals surface area contributed by atoms with Gasteiger partial charge in [-0.2, -0.15) is 0 Å². The number of carbonyl (C=O) groups excluding carboxylic acids is 1. The van der Waals surface area contributed by atoms with Crippen molar-refractivity contribution in [2.24, 2.45) is 5.41 Å². The number of aromatic carboxylic acids is 1. The van der Waals surface area contributed by atoms with Crippen LogP contribution in [-0.2, 0) is 4.74 Å². The van der Waals surface area contributed by atoms with Gasteiger partial charge in [0.1, 0.15) is 0 Å². The monoisotopic (exact) mass is 309 g/mol. The van der Waals surface area contributed by atoms with Crippen molar-refractivity contribution >= 4 is 5.97 Å². The summed E-state index contributed by atoms with van der Waals surface area (Å²) in [5.41, 5.74) is -0.489.